The number of rotatable bonds is 9. The van der Waals surface area contributed by atoms with Gasteiger partial charge in [-0.15, -0.1) is 0 Å². The van der Waals surface area contributed by atoms with Crippen molar-refractivity contribution in [3.63, 3.8) is 0 Å². The molecule has 0 radical (unpaired) electrons. The number of benzene rings is 1. The van der Waals surface area contributed by atoms with E-state index in [1.807, 2.05) is 28.9 Å². The number of aromatic nitrogens is 4. The van der Waals surface area contributed by atoms with Gasteiger partial charge in [-0.25, -0.2) is 14.5 Å². The molecule has 148 valence electrons. The molecule has 0 amide bonds. The van der Waals surface area contributed by atoms with E-state index in [-0.39, 0.29) is 5.69 Å². The van der Waals surface area contributed by atoms with Gasteiger partial charge in [0.25, 0.3) is 0 Å². The number of aryl methyl sites for hydroxylation is 1. The average molecular weight is 380 g/mol. The lowest BCUT2D eigenvalue weighted by Gasteiger charge is -2.09. The lowest BCUT2D eigenvalue weighted by Crippen LogP contribution is -2.08. The molecule has 2 aromatic heterocycles. The summed E-state index contributed by atoms with van der Waals surface area (Å²) >= 11 is 0. The summed E-state index contributed by atoms with van der Waals surface area (Å²) in [4.78, 5) is 16.1. The third kappa shape index (κ3) is 4.32. The predicted molar refractivity (Wildman–Crippen MR) is 109 cm³/mol. The van der Waals surface area contributed by atoms with Gasteiger partial charge in [-0.3, -0.25) is 0 Å². The van der Waals surface area contributed by atoms with Crippen LogP contribution in [0.5, 0.6) is 0 Å². The molecule has 0 bridgehead atoms. The fourth-order valence-electron chi connectivity index (χ4n) is 3.15. The fraction of sp³-hybridized carbons (Fsp3) is 0.409. The number of hydrogen-bond acceptors (Lipinski definition) is 3. The van der Waals surface area contributed by atoms with Gasteiger partial charge in [0.1, 0.15) is 11.5 Å². The van der Waals surface area contributed by atoms with Crippen molar-refractivity contribution in [1.29, 1.82) is 0 Å². The molecule has 1 unspecified atom stereocenters. The Morgan fingerprint density at radius 1 is 1.18 bits per heavy atom. The Labute approximate surface area is 165 Å². The minimum Gasteiger partial charge on any atom is -0.477 e. The zero-order valence-electron chi connectivity index (χ0n) is 16.8. The molecule has 0 aliphatic heterocycles. The van der Waals surface area contributed by atoms with Gasteiger partial charge in [0.2, 0.25) is 0 Å². The first-order valence-electron chi connectivity index (χ1n) is 9.97. The van der Waals surface area contributed by atoms with Crippen LogP contribution >= 0.6 is 0 Å². The van der Waals surface area contributed by atoms with Crippen LogP contribution in [-0.2, 0) is 13.0 Å². The first-order chi connectivity index (χ1) is 13.5. The van der Waals surface area contributed by atoms with Crippen molar-refractivity contribution in [1.82, 2.24) is 19.3 Å². The molecule has 6 nitrogen and oxygen atoms in total. The lowest BCUT2D eigenvalue weighted by molar-refractivity contribution is 0.0688. The van der Waals surface area contributed by atoms with Crippen molar-refractivity contribution < 1.29 is 9.90 Å². The minimum atomic E-state index is -0.935. The van der Waals surface area contributed by atoms with Crippen LogP contribution in [0.25, 0.3) is 5.69 Å². The van der Waals surface area contributed by atoms with Gasteiger partial charge in [-0.1, -0.05) is 39.3 Å². The quantitative estimate of drug-likeness (QED) is 0.585. The molecule has 0 saturated carbocycles. The molecule has 0 aliphatic rings. The van der Waals surface area contributed by atoms with Crippen molar-refractivity contribution in [2.75, 3.05) is 0 Å². The smallest absolute Gasteiger partial charge is 0.352 e. The molecule has 1 aromatic carbocycles. The van der Waals surface area contributed by atoms with E-state index in [9.17, 15) is 9.90 Å². The summed E-state index contributed by atoms with van der Waals surface area (Å²) in [6.45, 7) is 7.17. The standard InChI is InChI=1S/C22H28N4O2/c1-4-6-9-20-23-21(16(3)5-2)24-26(20)15-17-10-12-18(13-11-17)25-14-7-8-19(25)22(27)28/h7-8,10-14,16H,4-6,9,15H2,1-3H3,(H,27,28). The molecule has 0 fully saturated rings. The Hall–Kier alpha value is -2.89. The summed E-state index contributed by atoms with van der Waals surface area (Å²) < 4.78 is 3.69. The van der Waals surface area contributed by atoms with Gasteiger partial charge in [0.05, 0.1) is 6.54 Å². The number of aromatic carboxylic acids is 1. The van der Waals surface area contributed by atoms with Crippen molar-refractivity contribution in [2.24, 2.45) is 0 Å². The topological polar surface area (TPSA) is 72.9 Å². The zero-order valence-corrected chi connectivity index (χ0v) is 16.8. The molecule has 1 N–H and O–H groups in total. The predicted octanol–water partition coefficient (Wildman–Crippen LogP) is 4.67. The summed E-state index contributed by atoms with van der Waals surface area (Å²) in [7, 11) is 0. The van der Waals surface area contributed by atoms with Gasteiger partial charge >= 0.3 is 5.97 Å². The molecule has 3 aromatic rings. The molecule has 0 spiro atoms. The second-order valence-electron chi connectivity index (χ2n) is 7.19. The van der Waals surface area contributed by atoms with Crippen LogP contribution in [0.4, 0.5) is 0 Å². The van der Waals surface area contributed by atoms with E-state index >= 15 is 0 Å². The molecule has 0 saturated heterocycles. The minimum absolute atomic E-state index is 0.254. The molecule has 28 heavy (non-hydrogen) atoms. The van der Waals surface area contributed by atoms with Crippen molar-refractivity contribution >= 4 is 5.97 Å². The number of carbonyl (C=O) groups is 1. The second kappa shape index (κ2) is 8.87. The summed E-state index contributed by atoms with van der Waals surface area (Å²) in [5, 5.41) is 14.1. The monoisotopic (exact) mass is 380 g/mol. The maximum absolute atomic E-state index is 11.3. The number of hydrogen-bond donors (Lipinski definition) is 1. The Morgan fingerprint density at radius 3 is 2.57 bits per heavy atom. The summed E-state index contributed by atoms with van der Waals surface area (Å²) in [5.41, 5.74) is 2.20. The average Bonchev–Trinajstić information content (AvgIpc) is 3.34. The van der Waals surface area contributed by atoms with E-state index in [1.165, 1.54) is 0 Å². The maximum Gasteiger partial charge on any atom is 0.352 e. The molecule has 2 heterocycles. The Balaban J connectivity index is 1.82. The van der Waals surface area contributed by atoms with Gasteiger partial charge in [0, 0.05) is 24.2 Å². The van der Waals surface area contributed by atoms with E-state index in [0.717, 1.165) is 48.6 Å². The SMILES string of the molecule is CCCCc1nc(C(C)CC)nn1Cc1ccc(-n2cccc2C(=O)O)cc1. The summed E-state index contributed by atoms with van der Waals surface area (Å²) in [6, 6.07) is 11.3. The van der Waals surface area contributed by atoms with Crippen LogP contribution in [-0.4, -0.2) is 30.4 Å². The van der Waals surface area contributed by atoms with Crippen LogP contribution in [0.3, 0.4) is 0 Å². The highest BCUT2D eigenvalue weighted by atomic mass is 16.4. The number of carboxylic acid groups (broad SMARTS) is 1. The third-order valence-corrected chi connectivity index (χ3v) is 5.09. The van der Waals surface area contributed by atoms with Crippen molar-refractivity contribution in [3.05, 3.63) is 65.5 Å². The number of nitrogens with zero attached hydrogens (tertiary/aromatic N) is 4. The molecular formula is C22H28N4O2. The highest BCUT2D eigenvalue weighted by Gasteiger charge is 2.15. The largest absolute Gasteiger partial charge is 0.477 e. The van der Waals surface area contributed by atoms with E-state index in [1.54, 1.807) is 22.9 Å². The third-order valence-electron chi connectivity index (χ3n) is 5.09. The highest BCUT2D eigenvalue weighted by Crippen LogP contribution is 2.18. The van der Waals surface area contributed by atoms with Crippen LogP contribution < -0.4 is 0 Å². The second-order valence-corrected chi connectivity index (χ2v) is 7.19. The van der Waals surface area contributed by atoms with Crippen LogP contribution in [0.2, 0.25) is 0 Å². The Morgan fingerprint density at radius 2 is 1.93 bits per heavy atom. The van der Waals surface area contributed by atoms with Crippen molar-refractivity contribution in [3.8, 4) is 5.69 Å². The summed E-state index contributed by atoms with van der Waals surface area (Å²) in [5.74, 6) is 1.38. The van der Waals surface area contributed by atoms with E-state index < -0.39 is 5.97 Å². The van der Waals surface area contributed by atoms with E-state index in [0.29, 0.717) is 12.5 Å². The van der Waals surface area contributed by atoms with E-state index in [4.69, 9.17) is 10.1 Å². The highest BCUT2D eigenvalue weighted by molar-refractivity contribution is 5.86. The molecule has 6 heteroatoms. The maximum atomic E-state index is 11.3. The summed E-state index contributed by atoms with van der Waals surface area (Å²) in [6.07, 6.45) is 5.95. The molecular weight excluding hydrogens is 352 g/mol. The van der Waals surface area contributed by atoms with Gasteiger partial charge in [-0.2, -0.15) is 5.10 Å². The molecule has 0 aliphatic carbocycles. The molecule has 1 atom stereocenters. The van der Waals surface area contributed by atoms with Crippen LogP contribution in [0.1, 0.15) is 73.7 Å². The first kappa shape index (κ1) is 19.9. The number of unbranched alkanes of at least 4 members (excludes halogenated alkanes) is 1. The lowest BCUT2D eigenvalue weighted by atomic mass is 10.1. The zero-order chi connectivity index (χ0) is 20.1. The Bertz CT molecular complexity index is 924. The van der Waals surface area contributed by atoms with Gasteiger partial charge < -0.3 is 9.67 Å². The van der Waals surface area contributed by atoms with Crippen LogP contribution in [0, 0.1) is 0 Å². The van der Waals surface area contributed by atoms with Crippen LogP contribution in [0.15, 0.2) is 42.6 Å². The van der Waals surface area contributed by atoms with Crippen molar-refractivity contribution in [2.45, 2.75) is 58.9 Å². The fourth-order valence-corrected chi connectivity index (χ4v) is 3.15. The normalized spacial score (nSPS) is 12.2. The van der Waals surface area contributed by atoms with E-state index in [2.05, 4.69) is 20.8 Å². The molecule has 3 rings (SSSR count). The van der Waals surface area contributed by atoms with Gasteiger partial charge in [-0.05, 0) is 42.7 Å². The van der Waals surface area contributed by atoms with Gasteiger partial charge in [0.15, 0.2) is 5.82 Å². The Kier molecular flexibility index (Phi) is 6.29. The first-order valence-corrected chi connectivity index (χ1v) is 9.97. The number of carboxylic acids is 1.